The molecule has 0 unspecified atom stereocenters. The van der Waals surface area contributed by atoms with Crippen LogP contribution < -0.4 is 10.1 Å². The van der Waals surface area contributed by atoms with E-state index in [1.165, 1.54) is 12.1 Å². The van der Waals surface area contributed by atoms with Gasteiger partial charge >= 0.3 is 6.61 Å². The quantitative estimate of drug-likeness (QED) is 0.830. The maximum Gasteiger partial charge on any atom is 0.387 e. The molecule has 0 radical (unpaired) electrons. The van der Waals surface area contributed by atoms with E-state index in [-0.39, 0.29) is 0 Å². The van der Waals surface area contributed by atoms with Crippen LogP contribution in [0, 0.1) is 5.82 Å². The predicted molar refractivity (Wildman–Crippen MR) is 72.4 cm³/mol. The molecule has 0 atom stereocenters. The highest BCUT2D eigenvalue weighted by atomic mass is 79.9. The molecule has 0 aliphatic rings. The van der Waals surface area contributed by atoms with Crippen LogP contribution in [0.3, 0.4) is 0 Å². The summed E-state index contributed by atoms with van der Waals surface area (Å²) in [6.45, 7) is -2.50. The second-order valence-electron chi connectivity index (χ2n) is 3.61. The molecule has 0 spiro atoms. The van der Waals surface area contributed by atoms with Gasteiger partial charge in [-0.3, -0.25) is 0 Å². The summed E-state index contributed by atoms with van der Waals surface area (Å²) in [6.07, 6.45) is 0. The van der Waals surface area contributed by atoms with Gasteiger partial charge in [0, 0.05) is 33.0 Å². The maximum atomic E-state index is 13.4. The van der Waals surface area contributed by atoms with Gasteiger partial charge in [0.1, 0.15) is 0 Å². The Hall–Kier alpha value is -1.21. The van der Waals surface area contributed by atoms with E-state index in [0.29, 0.717) is 12.2 Å². The zero-order valence-electron chi connectivity index (χ0n) is 9.50. The summed E-state index contributed by atoms with van der Waals surface area (Å²) in [5.74, 6) is -1.28. The zero-order valence-corrected chi connectivity index (χ0v) is 11.9. The Morgan fingerprint density at radius 1 is 1.32 bits per heavy atom. The normalized spacial score (nSPS) is 10.8. The van der Waals surface area contributed by atoms with Crippen molar-refractivity contribution in [1.82, 2.24) is 0 Å². The van der Waals surface area contributed by atoms with Crippen LogP contribution in [0.25, 0.3) is 0 Å². The minimum absolute atomic E-state index is 0.459. The van der Waals surface area contributed by atoms with Gasteiger partial charge in [0.15, 0.2) is 11.6 Å². The molecule has 7 heteroatoms. The Morgan fingerprint density at radius 2 is 2.11 bits per heavy atom. The second kappa shape index (κ2) is 6.29. The van der Waals surface area contributed by atoms with Gasteiger partial charge in [-0.1, -0.05) is 0 Å². The molecule has 102 valence electrons. The monoisotopic (exact) mass is 351 g/mol. The van der Waals surface area contributed by atoms with Crippen LogP contribution in [-0.4, -0.2) is 6.61 Å². The number of thiophene rings is 1. The van der Waals surface area contributed by atoms with E-state index >= 15 is 0 Å². The average molecular weight is 352 g/mol. The Kier molecular flexibility index (Phi) is 4.71. The molecule has 0 bridgehead atoms. The Labute approximate surface area is 120 Å². The fraction of sp³-hybridized carbons (Fsp3) is 0.167. The van der Waals surface area contributed by atoms with Crippen LogP contribution in [-0.2, 0) is 6.54 Å². The number of nitrogens with one attached hydrogen (secondary N) is 1. The van der Waals surface area contributed by atoms with Gasteiger partial charge in [0.05, 0.1) is 0 Å². The number of alkyl halides is 2. The molecule has 2 nitrogen and oxygen atoms in total. The number of anilines is 1. The largest absolute Gasteiger partial charge is 0.432 e. The van der Waals surface area contributed by atoms with Crippen LogP contribution in [0.4, 0.5) is 18.9 Å². The molecule has 0 saturated carbocycles. The van der Waals surface area contributed by atoms with Crippen molar-refractivity contribution in [3.05, 3.63) is 44.8 Å². The molecule has 1 heterocycles. The van der Waals surface area contributed by atoms with E-state index in [1.54, 1.807) is 11.3 Å². The first-order valence-corrected chi connectivity index (χ1v) is 6.93. The van der Waals surface area contributed by atoms with Gasteiger partial charge in [-0.25, -0.2) is 4.39 Å². The van der Waals surface area contributed by atoms with Crippen molar-refractivity contribution in [2.75, 3.05) is 5.32 Å². The number of rotatable bonds is 5. The number of benzene rings is 1. The summed E-state index contributed by atoms with van der Waals surface area (Å²) in [5, 5.41) is 4.94. The molecule has 2 rings (SSSR count). The summed E-state index contributed by atoms with van der Waals surface area (Å²) >= 11 is 4.90. The molecule has 0 aliphatic carbocycles. The highest BCUT2D eigenvalue weighted by molar-refractivity contribution is 9.10. The van der Waals surface area contributed by atoms with Crippen LogP contribution in [0.2, 0.25) is 0 Å². The third-order valence-electron chi connectivity index (χ3n) is 2.24. The van der Waals surface area contributed by atoms with Crippen molar-refractivity contribution < 1.29 is 17.9 Å². The van der Waals surface area contributed by atoms with E-state index in [2.05, 4.69) is 26.0 Å². The smallest absolute Gasteiger partial charge is 0.387 e. The first-order valence-electron chi connectivity index (χ1n) is 5.26. The van der Waals surface area contributed by atoms with Gasteiger partial charge in [0.2, 0.25) is 0 Å². The number of halogens is 4. The Bertz CT molecular complexity index is 562. The molecule has 1 aromatic carbocycles. The summed E-state index contributed by atoms with van der Waals surface area (Å²) < 4.78 is 42.4. The maximum absolute atomic E-state index is 13.4. The van der Waals surface area contributed by atoms with Crippen LogP contribution in [0.5, 0.6) is 5.75 Å². The molecule has 0 aliphatic heterocycles. The molecule has 0 fully saturated rings. The van der Waals surface area contributed by atoms with E-state index in [9.17, 15) is 13.2 Å². The van der Waals surface area contributed by atoms with Crippen molar-refractivity contribution >= 4 is 33.0 Å². The van der Waals surface area contributed by atoms with E-state index in [0.717, 1.165) is 15.4 Å². The first kappa shape index (κ1) is 14.2. The number of hydrogen-bond acceptors (Lipinski definition) is 3. The van der Waals surface area contributed by atoms with Crippen molar-refractivity contribution in [2.24, 2.45) is 0 Å². The second-order valence-corrected chi connectivity index (χ2v) is 5.52. The SMILES string of the molecule is Fc1cc(NCc2cc(Br)cs2)ccc1OC(F)F. The number of ether oxygens (including phenoxy) is 1. The lowest BCUT2D eigenvalue weighted by molar-refractivity contribution is -0.0521. The van der Waals surface area contributed by atoms with Crippen LogP contribution >= 0.6 is 27.3 Å². The molecule has 1 N–H and O–H groups in total. The zero-order chi connectivity index (χ0) is 13.8. The number of hydrogen-bond donors (Lipinski definition) is 1. The molecule has 0 saturated heterocycles. The van der Waals surface area contributed by atoms with Gasteiger partial charge in [-0.2, -0.15) is 8.78 Å². The van der Waals surface area contributed by atoms with Crippen molar-refractivity contribution in [2.45, 2.75) is 13.2 Å². The van der Waals surface area contributed by atoms with Crippen molar-refractivity contribution in [3.8, 4) is 5.75 Å². The average Bonchev–Trinajstić information content (AvgIpc) is 2.75. The lowest BCUT2D eigenvalue weighted by Crippen LogP contribution is -2.04. The molecule has 1 aromatic heterocycles. The molecular weight excluding hydrogens is 343 g/mol. The highest BCUT2D eigenvalue weighted by Gasteiger charge is 2.10. The summed E-state index contributed by atoms with van der Waals surface area (Å²) in [6, 6.07) is 5.74. The van der Waals surface area contributed by atoms with Gasteiger partial charge in [-0.05, 0) is 34.1 Å². The Balaban J connectivity index is 1.99. The molecule has 19 heavy (non-hydrogen) atoms. The highest BCUT2D eigenvalue weighted by Crippen LogP contribution is 2.24. The Morgan fingerprint density at radius 3 is 2.68 bits per heavy atom. The summed E-state index contributed by atoms with van der Waals surface area (Å²) in [7, 11) is 0. The van der Waals surface area contributed by atoms with Gasteiger partial charge in [-0.15, -0.1) is 11.3 Å². The van der Waals surface area contributed by atoms with Crippen molar-refractivity contribution in [1.29, 1.82) is 0 Å². The standard InChI is InChI=1S/C12H9BrF3NOS/c13-7-3-9(19-6-7)5-17-8-1-2-11(10(14)4-8)18-12(15)16/h1-4,6,12,17H,5H2. The van der Waals surface area contributed by atoms with E-state index in [1.807, 2.05) is 11.4 Å². The van der Waals surface area contributed by atoms with E-state index < -0.39 is 18.2 Å². The van der Waals surface area contributed by atoms with Gasteiger partial charge in [0.25, 0.3) is 0 Å². The molecule has 0 amide bonds. The fourth-order valence-electron chi connectivity index (χ4n) is 1.44. The topological polar surface area (TPSA) is 21.3 Å². The summed E-state index contributed by atoms with van der Waals surface area (Å²) in [4.78, 5) is 1.07. The molecule has 2 aromatic rings. The minimum atomic E-state index is -3.03. The fourth-order valence-corrected chi connectivity index (χ4v) is 2.83. The molecular formula is C12H9BrF3NOS. The predicted octanol–water partition coefficient (Wildman–Crippen LogP) is 4.86. The minimum Gasteiger partial charge on any atom is -0.432 e. The van der Waals surface area contributed by atoms with E-state index in [4.69, 9.17) is 0 Å². The lowest BCUT2D eigenvalue weighted by Gasteiger charge is -2.08. The third-order valence-corrected chi connectivity index (χ3v) is 3.93. The first-order chi connectivity index (χ1) is 9.04. The van der Waals surface area contributed by atoms with Crippen molar-refractivity contribution in [3.63, 3.8) is 0 Å². The lowest BCUT2D eigenvalue weighted by atomic mass is 10.3. The van der Waals surface area contributed by atoms with Gasteiger partial charge < -0.3 is 10.1 Å². The summed E-state index contributed by atoms with van der Waals surface area (Å²) in [5.41, 5.74) is 0.503. The van der Waals surface area contributed by atoms with Crippen LogP contribution in [0.1, 0.15) is 4.88 Å². The third kappa shape index (κ3) is 4.14. The van der Waals surface area contributed by atoms with Crippen LogP contribution in [0.15, 0.2) is 34.1 Å².